The predicted molar refractivity (Wildman–Crippen MR) is 65.3 cm³/mol. The van der Waals surface area contributed by atoms with Gasteiger partial charge in [0, 0.05) is 19.0 Å². The zero-order valence-electron chi connectivity index (χ0n) is 9.66. The topological polar surface area (TPSA) is 72.3 Å². The summed E-state index contributed by atoms with van der Waals surface area (Å²) in [5.41, 5.74) is 15.4. The molecular weight excluding hydrogens is 202 g/mol. The summed E-state index contributed by atoms with van der Waals surface area (Å²) >= 11 is 0. The number of nitrogen functional groups attached to an aromatic ring is 1. The average Bonchev–Trinajstić information content (AvgIpc) is 2.53. The minimum atomic E-state index is -0.0770. The van der Waals surface area contributed by atoms with E-state index in [0.717, 1.165) is 16.8 Å². The summed E-state index contributed by atoms with van der Waals surface area (Å²) in [6.45, 7) is 4.56. The summed E-state index contributed by atoms with van der Waals surface area (Å²) in [5.74, 6) is 0.0629. The van der Waals surface area contributed by atoms with Crippen LogP contribution in [0.5, 0.6) is 0 Å². The first-order valence-electron chi connectivity index (χ1n) is 5.42. The van der Waals surface area contributed by atoms with Crippen molar-refractivity contribution in [2.24, 2.45) is 5.73 Å². The highest BCUT2D eigenvalue weighted by molar-refractivity contribution is 6.00. The Morgan fingerprint density at radius 1 is 1.38 bits per heavy atom. The van der Waals surface area contributed by atoms with Gasteiger partial charge in [-0.15, -0.1) is 0 Å². The van der Waals surface area contributed by atoms with E-state index >= 15 is 0 Å². The van der Waals surface area contributed by atoms with E-state index in [9.17, 15) is 4.79 Å². The van der Waals surface area contributed by atoms with Gasteiger partial charge in [-0.25, -0.2) is 0 Å². The monoisotopic (exact) mass is 219 g/mol. The zero-order valence-corrected chi connectivity index (χ0v) is 9.66. The molecule has 0 bridgehead atoms. The molecule has 4 heteroatoms. The zero-order chi connectivity index (χ0) is 11.9. The molecule has 1 heterocycles. The fourth-order valence-electron chi connectivity index (χ4n) is 2.13. The van der Waals surface area contributed by atoms with Crippen molar-refractivity contribution in [3.63, 3.8) is 0 Å². The number of hydrogen-bond donors (Lipinski definition) is 2. The third kappa shape index (κ3) is 1.65. The summed E-state index contributed by atoms with van der Waals surface area (Å²) in [5, 5.41) is 0. The molecule has 0 aliphatic carbocycles. The van der Waals surface area contributed by atoms with E-state index in [1.807, 2.05) is 26.0 Å². The Balaban J connectivity index is 2.48. The van der Waals surface area contributed by atoms with Crippen molar-refractivity contribution in [1.82, 2.24) is 0 Å². The van der Waals surface area contributed by atoms with Crippen molar-refractivity contribution in [3.05, 3.63) is 23.3 Å². The van der Waals surface area contributed by atoms with Crippen LogP contribution >= 0.6 is 0 Å². The van der Waals surface area contributed by atoms with Gasteiger partial charge in [-0.2, -0.15) is 0 Å². The van der Waals surface area contributed by atoms with Crippen LogP contribution in [-0.2, 0) is 4.79 Å². The van der Waals surface area contributed by atoms with Gasteiger partial charge in [0.15, 0.2) is 0 Å². The minimum absolute atomic E-state index is 0.0629. The highest BCUT2D eigenvalue weighted by atomic mass is 16.2. The summed E-state index contributed by atoms with van der Waals surface area (Å²) in [6, 6.07) is 3.73. The highest BCUT2D eigenvalue weighted by Gasteiger charge is 2.30. The lowest BCUT2D eigenvalue weighted by Gasteiger charge is -2.22. The number of amides is 1. The lowest BCUT2D eigenvalue weighted by atomic mass is 10.1. The molecule has 2 rings (SSSR count). The molecule has 0 spiro atoms. The molecule has 0 saturated carbocycles. The molecule has 1 amide bonds. The lowest BCUT2D eigenvalue weighted by molar-refractivity contribution is -0.117. The second kappa shape index (κ2) is 3.79. The normalized spacial score (nSPS) is 20.6. The molecule has 1 aliphatic heterocycles. The Labute approximate surface area is 95.2 Å². The van der Waals surface area contributed by atoms with E-state index in [1.165, 1.54) is 0 Å². The van der Waals surface area contributed by atoms with Crippen molar-refractivity contribution >= 4 is 17.3 Å². The third-order valence-corrected chi connectivity index (χ3v) is 3.16. The maximum atomic E-state index is 11.8. The maximum absolute atomic E-state index is 11.8. The molecule has 1 aromatic carbocycles. The van der Waals surface area contributed by atoms with E-state index in [4.69, 9.17) is 11.5 Å². The number of nitrogens with zero attached hydrogens (tertiary/aromatic N) is 1. The van der Waals surface area contributed by atoms with Crippen LogP contribution in [0.25, 0.3) is 0 Å². The van der Waals surface area contributed by atoms with Crippen LogP contribution in [0.3, 0.4) is 0 Å². The van der Waals surface area contributed by atoms with Gasteiger partial charge in [0.2, 0.25) is 5.91 Å². The summed E-state index contributed by atoms with van der Waals surface area (Å²) in [6.07, 6.45) is 0.410. The number of anilines is 2. The Kier molecular flexibility index (Phi) is 2.59. The number of carbonyl (C=O) groups excluding carboxylic acids is 1. The molecule has 0 radical (unpaired) electrons. The number of aryl methyl sites for hydroxylation is 1. The molecule has 16 heavy (non-hydrogen) atoms. The van der Waals surface area contributed by atoms with E-state index in [0.29, 0.717) is 18.7 Å². The first kappa shape index (κ1) is 11.0. The molecule has 86 valence electrons. The summed E-state index contributed by atoms with van der Waals surface area (Å²) < 4.78 is 0. The van der Waals surface area contributed by atoms with Crippen LogP contribution in [0.1, 0.15) is 17.5 Å². The van der Waals surface area contributed by atoms with Gasteiger partial charge in [-0.05, 0) is 31.0 Å². The SMILES string of the molecule is Cc1ccc(N)c(N2CC(N)CC2=O)c1C. The number of hydrogen-bond acceptors (Lipinski definition) is 3. The van der Waals surface area contributed by atoms with E-state index in [1.54, 1.807) is 4.90 Å². The quantitative estimate of drug-likeness (QED) is 0.691. The molecular formula is C12H17N3O. The highest BCUT2D eigenvalue weighted by Crippen LogP contribution is 2.32. The molecule has 1 fully saturated rings. The minimum Gasteiger partial charge on any atom is -0.397 e. The van der Waals surface area contributed by atoms with E-state index in [2.05, 4.69) is 0 Å². The van der Waals surface area contributed by atoms with Gasteiger partial charge in [-0.3, -0.25) is 4.79 Å². The van der Waals surface area contributed by atoms with Crippen molar-refractivity contribution < 1.29 is 4.79 Å². The van der Waals surface area contributed by atoms with Crippen LogP contribution in [-0.4, -0.2) is 18.5 Å². The number of carbonyl (C=O) groups is 1. The number of benzene rings is 1. The maximum Gasteiger partial charge on any atom is 0.228 e. The van der Waals surface area contributed by atoms with Gasteiger partial charge in [-0.1, -0.05) is 6.07 Å². The fourth-order valence-corrected chi connectivity index (χ4v) is 2.13. The van der Waals surface area contributed by atoms with E-state index in [-0.39, 0.29) is 11.9 Å². The van der Waals surface area contributed by atoms with E-state index < -0.39 is 0 Å². The average molecular weight is 219 g/mol. The third-order valence-electron chi connectivity index (χ3n) is 3.16. The molecule has 1 unspecified atom stereocenters. The lowest BCUT2D eigenvalue weighted by Crippen LogP contribution is -2.29. The molecule has 1 aliphatic rings. The van der Waals surface area contributed by atoms with Gasteiger partial charge in [0.25, 0.3) is 0 Å². The number of rotatable bonds is 1. The predicted octanol–water partition coefficient (Wildman–Crippen LogP) is 0.950. The number of nitrogens with two attached hydrogens (primary N) is 2. The molecule has 1 atom stereocenters. The molecule has 0 aromatic heterocycles. The Morgan fingerprint density at radius 2 is 2.06 bits per heavy atom. The summed E-state index contributed by atoms with van der Waals surface area (Å²) in [7, 11) is 0. The van der Waals surface area contributed by atoms with Gasteiger partial charge >= 0.3 is 0 Å². The van der Waals surface area contributed by atoms with Gasteiger partial charge in [0.1, 0.15) is 0 Å². The Hall–Kier alpha value is -1.55. The van der Waals surface area contributed by atoms with Crippen molar-refractivity contribution in [2.75, 3.05) is 17.2 Å². The molecule has 4 nitrogen and oxygen atoms in total. The smallest absolute Gasteiger partial charge is 0.228 e. The van der Waals surface area contributed by atoms with Gasteiger partial charge in [0.05, 0.1) is 11.4 Å². The largest absolute Gasteiger partial charge is 0.397 e. The van der Waals surface area contributed by atoms with Crippen LogP contribution in [0, 0.1) is 13.8 Å². The second-order valence-corrected chi connectivity index (χ2v) is 4.41. The standard InChI is InChI=1S/C12H17N3O/c1-7-3-4-10(14)12(8(7)2)15-6-9(13)5-11(15)16/h3-4,9H,5-6,13-14H2,1-2H3. The van der Waals surface area contributed by atoms with Crippen molar-refractivity contribution in [2.45, 2.75) is 26.3 Å². The molecule has 1 aromatic rings. The van der Waals surface area contributed by atoms with Gasteiger partial charge < -0.3 is 16.4 Å². The first-order chi connectivity index (χ1) is 7.50. The summed E-state index contributed by atoms with van der Waals surface area (Å²) in [4.78, 5) is 13.5. The van der Waals surface area contributed by atoms with Crippen LogP contribution in [0.2, 0.25) is 0 Å². The second-order valence-electron chi connectivity index (χ2n) is 4.41. The van der Waals surface area contributed by atoms with Crippen LogP contribution < -0.4 is 16.4 Å². The van der Waals surface area contributed by atoms with Crippen molar-refractivity contribution in [3.8, 4) is 0 Å². The van der Waals surface area contributed by atoms with Crippen molar-refractivity contribution in [1.29, 1.82) is 0 Å². The molecule has 4 N–H and O–H groups in total. The Morgan fingerprint density at radius 3 is 2.62 bits per heavy atom. The Bertz CT molecular complexity index is 442. The van der Waals surface area contributed by atoms with Crippen LogP contribution in [0.4, 0.5) is 11.4 Å². The fraction of sp³-hybridized carbons (Fsp3) is 0.417. The van der Waals surface area contributed by atoms with Crippen LogP contribution in [0.15, 0.2) is 12.1 Å². The molecule has 1 saturated heterocycles. The first-order valence-corrected chi connectivity index (χ1v) is 5.42.